The Bertz CT molecular complexity index is 1040. The second-order valence-electron chi connectivity index (χ2n) is 7.48. The summed E-state index contributed by atoms with van der Waals surface area (Å²) in [6.07, 6.45) is 4.65. The van der Waals surface area contributed by atoms with Crippen LogP contribution in [0.15, 0.2) is 60.9 Å². The Labute approximate surface area is 180 Å². The van der Waals surface area contributed by atoms with Gasteiger partial charge in [0, 0.05) is 37.5 Å². The van der Waals surface area contributed by atoms with Crippen molar-refractivity contribution in [2.24, 2.45) is 0 Å². The van der Waals surface area contributed by atoms with Crippen molar-refractivity contribution in [2.75, 3.05) is 13.7 Å². The molecule has 0 aliphatic carbocycles. The van der Waals surface area contributed by atoms with Crippen molar-refractivity contribution in [3.8, 4) is 11.3 Å². The summed E-state index contributed by atoms with van der Waals surface area (Å²) >= 11 is 0. The number of nitrogens with one attached hydrogen (secondary N) is 1. The number of aryl methyl sites for hydroxylation is 1. The standard InChI is InChI=1S/C23H25N5O3/c1-31-22(29)21(13-17-7-3-2-4-8-17)25-23(30)27-11-6-12-28-19(16-27)14-20(26-28)18-9-5-10-24-15-18/h2-5,7-10,14-15,21H,6,11-13,16H2,1H3,(H,25,30). The molecule has 0 saturated carbocycles. The number of methoxy groups -OCH3 is 1. The van der Waals surface area contributed by atoms with Gasteiger partial charge in [-0.25, -0.2) is 9.59 Å². The highest BCUT2D eigenvalue weighted by Crippen LogP contribution is 2.21. The lowest BCUT2D eigenvalue weighted by atomic mass is 10.1. The van der Waals surface area contributed by atoms with E-state index in [1.165, 1.54) is 7.11 Å². The van der Waals surface area contributed by atoms with Crippen LogP contribution in [0.2, 0.25) is 0 Å². The highest BCUT2D eigenvalue weighted by atomic mass is 16.5. The molecule has 0 bridgehead atoms. The molecule has 3 aromatic rings. The second kappa shape index (κ2) is 9.42. The fourth-order valence-electron chi connectivity index (χ4n) is 3.72. The third-order valence-electron chi connectivity index (χ3n) is 5.32. The zero-order valence-electron chi connectivity index (χ0n) is 17.4. The number of pyridine rings is 1. The van der Waals surface area contributed by atoms with E-state index in [0.29, 0.717) is 19.5 Å². The van der Waals surface area contributed by atoms with Crippen LogP contribution < -0.4 is 5.32 Å². The van der Waals surface area contributed by atoms with Crippen molar-refractivity contribution in [1.82, 2.24) is 25.0 Å². The molecule has 4 rings (SSSR count). The number of urea groups is 1. The molecule has 1 unspecified atom stereocenters. The Morgan fingerprint density at radius 2 is 2.00 bits per heavy atom. The Morgan fingerprint density at radius 3 is 2.74 bits per heavy atom. The van der Waals surface area contributed by atoms with Gasteiger partial charge in [0.2, 0.25) is 0 Å². The number of hydrogen-bond acceptors (Lipinski definition) is 5. The Kier molecular flexibility index (Phi) is 6.26. The van der Waals surface area contributed by atoms with E-state index in [4.69, 9.17) is 4.74 Å². The monoisotopic (exact) mass is 419 g/mol. The predicted molar refractivity (Wildman–Crippen MR) is 115 cm³/mol. The van der Waals surface area contributed by atoms with Crippen LogP contribution in [0.5, 0.6) is 0 Å². The normalized spacial score (nSPS) is 14.3. The van der Waals surface area contributed by atoms with Gasteiger partial charge < -0.3 is 15.0 Å². The third-order valence-corrected chi connectivity index (χ3v) is 5.32. The van der Waals surface area contributed by atoms with Crippen LogP contribution >= 0.6 is 0 Å². The van der Waals surface area contributed by atoms with Crippen LogP contribution in [0.25, 0.3) is 11.3 Å². The summed E-state index contributed by atoms with van der Waals surface area (Å²) in [4.78, 5) is 31.2. The molecule has 0 fully saturated rings. The van der Waals surface area contributed by atoms with E-state index in [1.54, 1.807) is 17.3 Å². The number of esters is 1. The average molecular weight is 419 g/mol. The quantitative estimate of drug-likeness (QED) is 0.642. The SMILES string of the molecule is COC(=O)C(Cc1ccccc1)NC(=O)N1CCCn2nc(-c3cccnc3)cc2C1. The van der Waals surface area contributed by atoms with Crippen molar-refractivity contribution in [3.63, 3.8) is 0 Å². The fourth-order valence-corrected chi connectivity index (χ4v) is 3.72. The van der Waals surface area contributed by atoms with Crippen LogP contribution in [0.1, 0.15) is 17.7 Å². The van der Waals surface area contributed by atoms with Gasteiger partial charge in [0.25, 0.3) is 0 Å². The van der Waals surface area contributed by atoms with E-state index in [9.17, 15) is 9.59 Å². The number of ether oxygens (including phenoxy) is 1. The lowest BCUT2D eigenvalue weighted by Crippen LogP contribution is -2.49. The molecule has 3 heterocycles. The fraction of sp³-hybridized carbons (Fsp3) is 0.304. The molecule has 31 heavy (non-hydrogen) atoms. The van der Waals surface area contributed by atoms with Crippen molar-refractivity contribution in [2.45, 2.75) is 32.0 Å². The number of amides is 2. The molecule has 0 spiro atoms. The molecule has 2 amide bonds. The van der Waals surface area contributed by atoms with Crippen LogP contribution in [-0.4, -0.2) is 51.4 Å². The maximum atomic E-state index is 13.0. The summed E-state index contributed by atoms with van der Waals surface area (Å²) in [5.41, 5.74) is 3.67. The molecule has 1 N–H and O–H groups in total. The molecule has 1 aromatic carbocycles. The maximum absolute atomic E-state index is 13.0. The Morgan fingerprint density at radius 1 is 1.16 bits per heavy atom. The first kappa shape index (κ1) is 20.6. The van der Waals surface area contributed by atoms with E-state index in [0.717, 1.165) is 35.5 Å². The van der Waals surface area contributed by atoms with Gasteiger partial charge in [-0.3, -0.25) is 9.67 Å². The molecule has 1 atom stereocenters. The van der Waals surface area contributed by atoms with E-state index in [1.807, 2.05) is 53.2 Å². The summed E-state index contributed by atoms with van der Waals surface area (Å²) in [5, 5.41) is 7.53. The van der Waals surface area contributed by atoms with Crippen molar-refractivity contribution >= 4 is 12.0 Å². The van der Waals surface area contributed by atoms with Gasteiger partial charge in [-0.15, -0.1) is 0 Å². The lowest BCUT2D eigenvalue weighted by molar-refractivity contribution is -0.142. The minimum atomic E-state index is -0.751. The number of nitrogens with zero attached hydrogens (tertiary/aromatic N) is 4. The maximum Gasteiger partial charge on any atom is 0.328 e. The zero-order chi connectivity index (χ0) is 21.6. The lowest BCUT2D eigenvalue weighted by Gasteiger charge is -2.24. The summed E-state index contributed by atoms with van der Waals surface area (Å²) in [6, 6.07) is 14.4. The summed E-state index contributed by atoms with van der Waals surface area (Å²) in [6.45, 7) is 1.72. The minimum absolute atomic E-state index is 0.288. The van der Waals surface area contributed by atoms with Gasteiger partial charge in [-0.1, -0.05) is 30.3 Å². The first-order valence-corrected chi connectivity index (χ1v) is 10.3. The van der Waals surface area contributed by atoms with Crippen molar-refractivity contribution in [3.05, 3.63) is 72.2 Å². The number of aromatic nitrogens is 3. The molecule has 0 radical (unpaired) electrons. The number of carbonyl (C=O) groups excluding carboxylic acids is 2. The molecule has 8 nitrogen and oxygen atoms in total. The van der Waals surface area contributed by atoms with Gasteiger partial charge in [-0.05, 0) is 30.2 Å². The summed E-state index contributed by atoms with van der Waals surface area (Å²) < 4.78 is 6.86. The first-order valence-electron chi connectivity index (χ1n) is 10.3. The van der Waals surface area contributed by atoms with Crippen molar-refractivity contribution < 1.29 is 14.3 Å². The van der Waals surface area contributed by atoms with Crippen LogP contribution in [0, 0.1) is 0 Å². The highest BCUT2D eigenvalue weighted by molar-refractivity contribution is 5.83. The number of fused-ring (bicyclic) bond motifs is 1. The van der Waals surface area contributed by atoms with E-state index in [2.05, 4.69) is 15.4 Å². The van der Waals surface area contributed by atoms with Gasteiger partial charge in [0.15, 0.2) is 0 Å². The van der Waals surface area contributed by atoms with Crippen molar-refractivity contribution in [1.29, 1.82) is 0 Å². The van der Waals surface area contributed by atoms with Gasteiger partial charge in [0.1, 0.15) is 6.04 Å². The number of carbonyl (C=O) groups is 2. The molecule has 1 aliphatic heterocycles. The summed E-state index contributed by atoms with van der Waals surface area (Å²) in [5.74, 6) is -0.462. The molecule has 0 saturated heterocycles. The van der Waals surface area contributed by atoms with Gasteiger partial charge in [0.05, 0.1) is 25.0 Å². The number of benzene rings is 1. The molecule has 160 valence electrons. The molecule has 2 aromatic heterocycles. The van der Waals surface area contributed by atoms with Crippen LogP contribution in [0.3, 0.4) is 0 Å². The largest absolute Gasteiger partial charge is 0.467 e. The predicted octanol–water partition coefficient (Wildman–Crippen LogP) is 2.64. The van der Waals surface area contributed by atoms with Crippen LogP contribution in [0.4, 0.5) is 4.79 Å². The highest BCUT2D eigenvalue weighted by Gasteiger charge is 2.27. The molecular formula is C23H25N5O3. The zero-order valence-corrected chi connectivity index (χ0v) is 17.4. The first-order chi connectivity index (χ1) is 15.1. The Hall–Kier alpha value is -3.68. The molecule has 1 aliphatic rings. The summed E-state index contributed by atoms with van der Waals surface area (Å²) in [7, 11) is 1.33. The minimum Gasteiger partial charge on any atom is -0.467 e. The van der Waals surface area contributed by atoms with E-state index < -0.39 is 12.0 Å². The van der Waals surface area contributed by atoms with E-state index >= 15 is 0 Å². The van der Waals surface area contributed by atoms with Gasteiger partial charge >= 0.3 is 12.0 Å². The Balaban J connectivity index is 1.48. The van der Waals surface area contributed by atoms with Gasteiger partial charge in [-0.2, -0.15) is 5.10 Å². The average Bonchev–Trinajstić information content (AvgIpc) is 3.10. The number of hydrogen-bond donors (Lipinski definition) is 1. The molecular weight excluding hydrogens is 394 g/mol. The number of rotatable bonds is 5. The van der Waals surface area contributed by atoms with Crippen LogP contribution in [-0.2, 0) is 29.0 Å². The smallest absolute Gasteiger partial charge is 0.328 e. The third kappa shape index (κ3) is 4.91. The second-order valence-corrected chi connectivity index (χ2v) is 7.48. The topological polar surface area (TPSA) is 89.4 Å². The van der Waals surface area contributed by atoms with E-state index in [-0.39, 0.29) is 6.03 Å². The molecule has 8 heteroatoms.